The lowest BCUT2D eigenvalue weighted by Crippen LogP contribution is -2.56. The Morgan fingerprint density at radius 1 is 1.10 bits per heavy atom. The molecule has 6 nitrogen and oxygen atoms in total. The standard InChI is InChI=1S/C22H34N2O4S/c1-20(2,3)28-19(25)24-13-11-22(12-14-24)17-10-8-7-9-16(17)15-18(22)23-29(26,27)21(4,5)6/h7-10,18,23H,11-15H2,1-6H3. The molecule has 0 saturated carbocycles. The molecule has 1 atom stereocenters. The van der Waals surface area contributed by atoms with Crippen molar-refractivity contribution in [2.45, 2.75) is 82.6 Å². The first-order valence-corrected chi connectivity index (χ1v) is 11.8. The molecule has 29 heavy (non-hydrogen) atoms. The Balaban J connectivity index is 1.86. The summed E-state index contributed by atoms with van der Waals surface area (Å²) in [6.07, 6.45) is 1.80. The normalized spacial score (nSPS) is 21.9. The Morgan fingerprint density at radius 3 is 2.24 bits per heavy atom. The summed E-state index contributed by atoms with van der Waals surface area (Å²) in [5.41, 5.74) is 1.58. The van der Waals surface area contributed by atoms with Gasteiger partial charge in [-0.05, 0) is 71.9 Å². The topological polar surface area (TPSA) is 75.7 Å². The summed E-state index contributed by atoms with van der Waals surface area (Å²) in [6.45, 7) is 11.8. The molecule has 1 aliphatic heterocycles. The van der Waals surface area contributed by atoms with E-state index in [2.05, 4.69) is 16.9 Å². The van der Waals surface area contributed by atoms with Crippen LogP contribution >= 0.6 is 0 Å². The molecule has 0 radical (unpaired) electrons. The van der Waals surface area contributed by atoms with Crippen LogP contribution in [0.5, 0.6) is 0 Å². The first-order chi connectivity index (χ1) is 13.3. The summed E-state index contributed by atoms with van der Waals surface area (Å²) in [5, 5.41) is 0. The van der Waals surface area contributed by atoms with Crippen molar-refractivity contribution >= 4 is 16.1 Å². The summed E-state index contributed by atoms with van der Waals surface area (Å²) >= 11 is 0. The van der Waals surface area contributed by atoms with Gasteiger partial charge in [-0.2, -0.15) is 0 Å². The second-order valence-corrected chi connectivity index (χ2v) is 12.7. The van der Waals surface area contributed by atoms with Crippen molar-refractivity contribution in [3.63, 3.8) is 0 Å². The maximum Gasteiger partial charge on any atom is 0.410 e. The highest BCUT2D eigenvalue weighted by molar-refractivity contribution is 7.90. The molecule has 3 rings (SSSR count). The maximum atomic E-state index is 12.9. The van der Waals surface area contributed by atoms with Crippen molar-refractivity contribution in [3.05, 3.63) is 35.4 Å². The number of rotatable bonds is 2. The number of carbonyl (C=O) groups is 1. The number of likely N-dealkylation sites (tertiary alicyclic amines) is 1. The van der Waals surface area contributed by atoms with Gasteiger partial charge in [-0.15, -0.1) is 0 Å². The molecule has 1 unspecified atom stereocenters. The number of fused-ring (bicyclic) bond motifs is 2. The predicted molar refractivity (Wildman–Crippen MR) is 114 cm³/mol. The minimum atomic E-state index is -3.48. The van der Waals surface area contributed by atoms with Crippen LogP contribution in [0.2, 0.25) is 0 Å². The van der Waals surface area contributed by atoms with Gasteiger partial charge in [0, 0.05) is 24.5 Å². The van der Waals surface area contributed by atoms with E-state index in [-0.39, 0.29) is 17.6 Å². The predicted octanol–water partition coefficient (Wildman–Crippen LogP) is 3.60. The molecule has 1 saturated heterocycles. The second kappa shape index (κ2) is 7.27. The van der Waals surface area contributed by atoms with Gasteiger partial charge in [0.25, 0.3) is 0 Å². The molecule has 1 spiro atoms. The molecule has 162 valence electrons. The number of ether oxygens (including phenoxy) is 1. The van der Waals surface area contributed by atoms with E-state index < -0.39 is 20.4 Å². The fourth-order valence-corrected chi connectivity index (χ4v) is 5.38. The summed E-state index contributed by atoms with van der Waals surface area (Å²) < 4.78 is 33.5. The molecule has 1 aromatic carbocycles. The van der Waals surface area contributed by atoms with Crippen LogP contribution in [0.25, 0.3) is 0 Å². The Labute approximate surface area is 175 Å². The van der Waals surface area contributed by atoms with Crippen LogP contribution < -0.4 is 4.72 Å². The Bertz CT molecular complexity index is 873. The fourth-order valence-electron chi connectivity index (χ4n) is 4.34. The number of carbonyl (C=O) groups excluding carboxylic acids is 1. The molecule has 2 aliphatic rings. The van der Waals surface area contributed by atoms with Crippen molar-refractivity contribution in [1.29, 1.82) is 0 Å². The van der Waals surface area contributed by atoms with Crippen molar-refractivity contribution in [2.75, 3.05) is 13.1 Å². The third kappa shape index (κ3) is 4.31. The zero-order valence-electron chi connectivity index (χ0n) is 18.4. The summed E-state index contributed by atoms with van der Waals surface area (Å²) in [5.74, 6) is 0. The Hall–Kier alpha value is -1.60. The van der Waals surface area contributed by atoms with Gasteiger partial charge >= 0.3 is 6.09 Å². The summed E-state index contributed by atoms with van der Waals surface area (Å²) in [7, 11) is -3.48. The number of piperidine rings is 1. The number of nitrogens with one attached hydrogen (secondary N) is 1. The third-order valence-electron chi connectivity index (χ3n) is 6.06. The second-order valence-electron chi connectivity index (χ2n) is 10.3. The monoisotopic (exact) mass is 422 g/mol. The SMILES string of the molecule is CC(C)(C)OC(=O)N1CCC2(CC1)c1ccccc1CC2NS(=O)(=O)C(C)(C)C. The molecular weight excluding hydrogens is 388 g/mol. The van der Waals surface area contributed by atoms with Crippen molar-refractivity contribution < 1.29 is 17.9 Å². The maximum absolute atomic E-state index is 12.9. The largest absolute Gasteiger partial charge is 0.444 e. The molecule has 1 aliphatic carbocycles. The number of sulfonamides is 1. The quantitative estimate of drug-likeness (QED) is 0.790. The molecule has 1 heterocycles. The van der Waals surface area contributed by atoms with Gasteiger partial charge in [-0.1, -0.05) is 24.3 Å². The van der Waals surface area contributed by atoms with Crippen LogP contribution in [0.3, 0.4) is 0 Å². The zero-order valence-corrected chi connectivity index (χ0v) is 19.2. The minimum Gasteiger partial charge on any atom is -0.444 e. The molecule has 1 amide bonds. The van der Waals surface area contributed by atoms with Crippen LogP contribution in [0.15, 0.2) is 24.3 Å². The highest BCUT2D eigenvalue weighted by Gasteiger charge is 2.51. The fraction of sp³-hybridized carbons (Fsp3) is 0.682. The minimum absolute atomic E-state index is 0.204. The van der Waals surface area contributed by atoms with Gasteiger partial charge in [0.1, 0.15) is 5.60 Å². The van der Waals surface area contributed by atoms with E-state index in [0.717, 1.165) is 0 Å². The Kier molecular flexibility index (Phi) is 5.54. The third-order valence-corrected chi connectivity index (χ3v) is 8.26. The number of hydrogen-bond acceptors (Lipinski definition) is 4. The van der Waals surface area contributed by atoms with E-state index in [0.29, 0.717) is 32.4 Å². The molecular formula is C22H34N2O4S. The lowest BCUT2D eigenvalue weighted by Gasteiger charge is -2.44. The smallest absolute Gasteiger partial charge is 0.410 e. The van der Waals surface area contributed by atoms with Crippen LogP contribution in [-0.4, -0.2) is 48.9 Å². The molecule has 0 aromatic heterocycles. The molecule has 1 fully saturated rings. The first-order valence-electron chi connectivity index (χ1n) is 10.3. The van der Waals surface area contributed by atoms with Gasteiger partial charge in [-0.3, -0.25) is 0 Å². The van der Waals surface area contributed by atoms with Crippen molar-refractivity contribution in [1.82, 2.24) is 9.62 Å². The highest BCUT2D eigenvalue weighted by Crippen LogP contribution is 2.47. The lowest BCUT2D eigenvalue weighted by atomic mass is 9.71. The van der Waals surface area contributed by atoms with Crippen LogP contribution in [-0.2, 0) is 26.6 Å². The van der Waals surface area contributed by atoms with E-state index in [1.54, 1.807) is 25.7 Å². The lowest BCUT2D eigenvalue weighted by molar-refractivity contribution is 0.0151. The molecule has 0 bridgehead atoms. The first kappa shape index (κ1) is 22.1. The van der Waals surface area contributed by atoms with Gasteiger partial charge in [0.05, 0.1) is 4.75 Å². The average Bonchev–Trinajstić information content (AvgIpc) is 2.86. The molecule has 1 N–H and O–H groups in total. The van der Waals surface area contributed by atoms with Crippen LogP contribution in [0.4, 0.5) is 4.79 Å². The molecule has 1 aromatic rings. The summed E-state index contributed by atoms with van der Waals surface area (Å²) in [6, 6.07) is 8.02. The van der Waals surface area contributed by atoms with E-state index in [1.165, 1.54) is 11.1 Å². The number of hydrogen-bond donors (Lipinski definition) is 1. The summed E-state index contributed by atoms with van der Waals surface area (Å²) in [4.78, 5) is 14.2. The van der Waals surface area contributed by atoms with Gasteiger partial charge in [0.2, 0.25) is 10.0 Å². The van der Waals surface area contributed by atoms with E-state index in [1.807, 2.05) is 32.9 Å². The molecule has 7 heteroatoms. The van der Waals surface area contributed by atoms with Crippen LogP contribution in [0.1, 0.15) is 65.5 Å². The number of benzene rings is 1. The van der Waals surface area contributed by atoms with E-state index >= 15 is 0 Å². The highest BCUT2D eigenvalue weighted by atomic mass is 32.2. The van der Waals surface area contributed by atoms with E-state index in [9.17, 15) is 13.2 Å². The van der Waals surface area contributed by atoms with Gasteiger partial charge < -0.3 is 9.64 Å². The van der Waals surface area contributed by atoms with Gasteiger partial charge in [0.15, 0.2) is 0 Å². The average molecular weight is 423 g/mol. The number of nitrogens with zero attached hydrogens (tertiary/aromatic N) is 1. The van der Waals surface area contributed by atoms with Crippen molar-refractivity contribution in [2.24, 2.45) is 0 Å². The van der Waals surface area contributed by atoms with Crippen molar-refractivity contribution in [3.8, 4) is 0 Å². The van der Waals surface area contributed by atoms with Crippen LogP contribution in [0, 0.1) is 0 Å². The number of amides is 1. The van der Waals surface area contributed by atoms with Gasteiger partial charge in [-0.25, -0.2) is 17.9 Å². The van der Waals surface area contributed by atoms with E-state index in [4.69, 9.17) is 4.74 Å². The Morgan fingerprint density at radius 2 is 1.69 bits per heavy atom. The zero-order chi connectivity index (χ0) is 21.7.